The number of carbonyl (C=O) groups excluding carboxylic acids is 2. The topological polar surface area (TPSA) is 95.9 Å². The smallest absolute Gasteiger partial charge is 0.407 e. The van der Waals surface area contributed by atoms with Gasteiger partial charge in [-0.05, 0) is 30.5 Å². The van der Waals surface area contributed by atoms with Gasteiger partial charge in [-0.3, -0.25) is 4.79 Å². The summed E-state index contributed by atoms with van der Waals surface area (Å²) in [6, 6.07) is 16.9. The zero-order valence-corrected chi connectivity index (χ0v) is 16.4. The SMILES string of the molecule is [NH3+][C@@H](CCCCNC(=O)OCc1ccccc1)C(=O)c1nc2ccccc2s1. The number of Topliss-reactive ketones (excluding diaryl/α,β-unsaturated/α-hetero) is 1. The van der Waals surface area contributed by atoms with Crippen LogP contribution >= 0.6 is 11.3 Å². The van der Waals surface area contributed by atoms with Crippen molar-refractivity contribution < 1.29 is 20.1 Å². The second-order valence-electron chi connectivity index (χ2n) is 6.53. The number of thiazole rings is 1. The van der Waals surface area contributed by atoms with Crippen molar-refractivity contribution in [1.29, 1.82) is 0 Å². The molecule has 3 rings (SSSR count). The third-order valence-electron chi connectivity index (χ3n) is 4.34. The van der Waals surface area contributed by atoms with Gasteiger partial charge in [0.15, 0.2) is 11.0 Å². The normalized spacial score (nSPS) is 11.9. The predicted octanol–water partition coefficient (Wildman–Crippen LogP) is 3.19. The number of para-hydroxylation sites is 1. The summed E-state index contributed by atoms with van der Waals surface area (Å²) in [7, 11) is 0. The number of alkyl carbamates (subject to hydrolysis) is 1. The molecule has 4 N–H and O–H groups in total. The van der Waals surface area contributed by atoms with E-state index in [0.29, 0.717) is 18.0 Å². The highest BCUT2D eigenvalue weighted by Crippen LogP contribution is 2.22. The number of hydrogen-bond donors (Lipinski definition) is 2. The Morgan fingerprint density at radius 1 is 1.07 bits per heavy atom. The molecule has 0 aliphatic rings. The first-order valence-corrected chi connectivity index (χ1v) is 10.1. The molecule has 0 spiro atoms. The Morgan fingerprint density at radius 2 is 1.82 bits per heavy atom. The van der Waals surface area contributed by atoms with E-state index in [1.807, 2.05) is 54.6 Å². The maximum atomic E-state index is 12.5. The van der Waals surface area contributed by atoms with Crippen LogP contribution in [0.15, 0.2) is 54.6 Å². The van der Waals surface area contributed by atoms with Crippen molar-refractivity contribution in [2.24, 2.45) is 0 Å². The van der Waals surface area contributed by atoms with Gasteiger partial charge < -0.3 is 15.8 Å². The fraction of sp³-hybridized carbons (Fsp3) is 0.286. The van der Waals surface area contributed by atoms with E-state index in [1.165, 1.54) is 11.3 Å². The number of benzene rings is 2. The first-order valence-electron chi connectivity index (χ1n) is 9.31. The number of carbonyl (C=O) groups is 2. The lowest BCUT2D eigenvalue weighted by Crippen LogP contribution is -2.64. The second kappa shape index (κ2) is 9.96. The van der Waals surface area contributed by atoms with E-state index in [1.54, 1.807) is 0 Å². The fourth-order valence-electron chi connectivity index (χ4n) is 2.76. The van der Waals surface area contributed by atoms with Crippen molar-refractivity contribution in [3.63, 3.8) is 0 Å². The molecule has 0 unspecified atom stereocenters. The molecular formula is C21H24N3O3S+. The quantitative estimate of drug-likeness (QED) is 0.427. The monoisotopic (exact) mass is 398 g/mol. The number of fused-ring (bicyclic) bond motifs is 1. The average molecular weight is 399 g/mol. The summed E-state index contributed by atoms with van der Waals surface area (Å²) >= 11 is 1.41. The highest BCUT2D eigenvalue weighted by molar-refractivity contribution is 7.20. The van der Waals surface area contributed by atoms with Gasteiger partial charge in [-0.2, -0.15) is 0 Å². The van der Waals surface area contributed by atoms with Crippen molar-refractivity contribution in [1.82, 2.24) is 10.3 Å². The number of ketones is 1. The Kier molecular flexibility index (Phi) is 7.11. The summed E-state index contributed by atoms with van der Waals surface area (Å²) in [5.74, 6) is -0.0172. The van der Waals surface area contributed by atoms with Crippen LogP contribution in [-0.2, 0) is 11.3 Å². The molecule has 2 aromatic carbocycles. The van der Waals surface area contributed by atoms with Gasteiger partial charge in [0.25, 0.3) is 0 Å². The molecule has 0 aliphatic carbocycles. The third kappa shape index (κ3) is 5.61. The fourth-order valence-corrected chi connectivity index (χ4v) is 3.75. The molecule has 146 valence electrons. The lowest BCUT2D eigenvalue weighted by Gasteiger charge is -2.08. The van der Waals surface area contributed by atoms with E-state index in [-0.39, 0.29) is 18.4 Å². The summed E-state index contributed by atoms with van der Waals surface area (Å²) in [5.41, 5.74) is 5.78. The minimum Gasteiger partial charge on any atom is -0.445 e. The Hall–Kier alpha value is -2.77. The van der Waals surface area contributed by atoms with E-state index in [0.717, 1.165) is 28.6 Å². The summed E-state index contributed by atoms with van der Waals surface area (Å²) in [5, 5.41) is 3.25. The van der Waals surface area contributed by atoms with Gasteiger partial charge in [-0.1, -0.05) is 42.5 Å². The minimum atomic E-state index is -0.430. The van der Waals surface area contributed by atoms with Crippen molar-refractivity contribution in [2.45, 2.75) is 31.9 Å². The average Bonchev–Trinajstić information content (AvgIpc) is 3.16. The van der Waals surface area contributed by atoms with E-state index in [9.17, 15) is 9.59 Å². The van der Waals surface area contributed by atoms with Gasteiger partial charge in [0.1, 0.15) is 6.61 Å². The van der Waals surface area contributed by atoms with Gasteiger partial charge >= 0.3 is 6.09 Å². The Labute approximate surface area is 167 Å². The van der Waals surface area contributed by atoms with Gasteiger partial charge in [0.2, 0.25) is 5.78 Å². The van der Waals surface area contributed by atoms with Crippen LogP contribution in [0.3, 0.4) is 0 Å². The zero-order chi connectivity index (χ0) is 19.8. The van der Waals surface area contributed by atoms with E-state index in [2.05, 4.69) is 16.0 Å². The molecular weight excluding hydrogens is 374 g/mol. The highest BCUT2D eigenvalue weighted by Gasteiger charge is 2.22. The van der Waals surface area contributed by atoms with Crippen LogP contribution in [-0.4, -0.2) is 29.4 Å². The molecule has 1 atom stereocenters. The molecule has 7 heteroatoms. The maximum Gasteiger partial charge on any atom is 0.407 e. The number of aromatic nitrogens is 1. The second-order valence-corrected chi connectivity index (χ2v) is 7.56. The molecule has 1 heterocycles. The molecule has 1 aromatic heterocycles. The largest absolute Gasteiger partial charge is 0.445 e. The number of quaternary nitrogens is 1. The van der Waals surface area contributed by atoms with Crippen LogP contribution in [0.1, 0.15) is 34.6 Å². The van der Waals surface area contributed by atoms with Crippen LogP contribution in [0, 0.1) is 0 Å². The van der Waals surface area contributed by atoms with Gasteiger partial charge in [0, 0.05) is 13.0 Å². The van der Waals surface area contributed by atoms with Crippen molar-refractivity contribution in [2.75, 3.05) is 6.54 Å². The number of unbranched alkanes of at least 4 members (excludes halogenated alkanes) is 1. The van der Waals surface area contributed by atoms with Crippen LogP contribution in [0.2, 0.25) is 0 Å². The lowest BCUT2D eigenvalue weighted by molar-refractivity contribution is -0.400. The van der Waals surface area contributed by atoms with Crippen LogP contribution < -0.4 is 11.1 Å². The van der Waals surface area contributed by atoms with Crippen molar-refractivity contribution in [3.05, 3.63) is 65.2 Å². The standard InChI is InChI=1S/C21H23N3O3S/c22-16(19(25)20-24-17-11-4-5-12-18(17)28-20)10-6-7-13-23-21(26)27-14-15-8-2-1-3-9-15/h1-5,8-9,11-12,16H,6-7,10,13-14,22H2,(H,23,26)/p+1/t16-/m0/s1. The Morgan fingerprint density at radius 3 is 2.61 bits per heavy atom. The first-order chi connectivity index (χ1) is 13.6. The minimum absolute atomic E-state index is 0.0172. The number of ether oxygens (including phenoxy) is 1. The van der Waals surface area contributed by atoms with E-state index in [4.69, 9.17) is 4.74 Å². The van der Waals surface area contributed by atoms with Crippen LogP contribution in [0.25, 0.3) is 10.2 Å². The number of nitrogens with one attached hydrogen (secondary N) is 1. The van der Waals surface area contributed by atoms with Gasteiger partial charge in [-0.25, -0.2) is 9.78 Å². The molecule has 0 saturated heterocycles. The number of nitrogens with zero attached hydrogens (tertiary/aromatic N) is 1. The third-order valence-corrected chi connectivity index (χ3v) is 5.39. The van der Waals surface area contributed by atoms with Crippen molar-refractivity contribution >= 4 is 33.4 Å². The molecule has 1 amide bonds. The predicted molar refractivity (Wildman–Crippen MR) is 109 cm³/mol. The maximum absolute atomic E-state index is 12.5. The Balaban J connectivity index is 1.33. The molecule has 6 nitrogen and oxygen atoms in total. The summed E-state index contributed by atoms with van der Waals surface area (Å²) in [6.45, 7) is 0.764. The summed E-state index contributed by atoms with van der Waals surface area (Å²) in [6.07, 6.45) is 1.79. The van der Waals surface area contributed by atoms with E-state index >= 15 is 0 Å². The van der Waals surface area contributed by atoms with Crippen LogP contribution in [0.5, 0.6) is 0 Å². The number of rotatable bonds is 9. The first kappa shape index (κ1) is 20.0. The highest BCUT2D eigenvalue weighted by atomic mass is 32.1. The summed E-state index contributed by atoms with van der Waals surface area (Å²) < 4.78 is 6.17. The molecule has 28 heavy (non-hydrogen) atoms. The Bertz CT molecular complexity index is 894. The lowest BCUT2D eigenvalue weighted by atomic mass is 10.1. The molecule has 0 bridgehead atoms. The zero-order valence-electron chi connectivity index (χ0n) is 15.6. The molecule has 0 saturated carbocycles. The molecule has 0 aliphatic heterocycles. The van der Waals surface area contributed by atoms with E-state index < -0.39 is 6.09 Å². The summed E-state index contributed by atoms with van der Waals surface area (Å²) in [4.78, 5) is 28.6. The molecule has 0 radical (unpaired) electrons. The number of hydrogen-bond acceptors (Lipinski definition) is 5. The van der Waals surface area contributed by atoms with Crippen molar-refractivity contribution in [3.8, 4) is 0 Å². The van der Waals surface area contributed by atoms with Gasteiger partial charge in [0.05, 0.1) is 10.2 Å². The molecule has 3 aromatic rings. The van der Waals surface area contributed by atoms with Crippen LogP contribution in [0.4, 0.5) is 4.79 Å². The molecule has 0 fully saturated rings. The van der Waals surface area contributed by atoms with Gasteiger partial charge in [-0.15, -0.1) is 11.3 Å². The number of amides is 1.